The molecule has 22 heavy (non-hydrogen) atoms. The van der Waals surface area contributed by atoms with E-state index in [1.165, 1.54) is 0 Å². The first-order chi connectivity index (χ1) is 10.5. The van der Waals surface area contributed by atoms with Crippen LogP contribution < -0.4 is 0 Å². The fourth-order valence-corrected chi connectivity index (χ4v) is 3.41. The van der Waals surface area contributed by atoms with E-state index in [4.69, 9.17) is 5.11 Å². The molecule has 1 aliphatic rings. The molecule has 3 rings (SSSR count). The van der Waals surface area contributed by atoms with Crippen LogP contribution in [-0.2, 0) is 4.79 Å². The number of carboxylic acid groups (broad SMARTS) is 1. The summed E-state index contributed by atoms with van der Waals surface area (Å²) >= 11 is 3.43. The maximum Gasteiger partial charge on any atom is 0.305 e. The highest BCUT2D eigenvalue weighted by Crippen LogP contribution is 2.25. The van der Waals surface area contributed by atoms with E-state index in [9.17, 15) is 9.59 Å². The first-order valence-corrected chi connectivity index (χ1v) is 8.06. The highest BCUT2D eigenvalue weighted by molar-refractivity contribution is 9.10. The summed E-state index contributed by atoms with van der Waals surface area (Å²) in [6.45, 7) is 0.634. The molecule has 114 valence electrons. The lowest BCUT2D eigenvalue weighted by Gasteiger charge is -2.23. The van der Waals surface area contributed by atoms with Gasteiger partial charge in [-0.3, -0.25) is 9.59 Å². The molecule has 5 heteroatoms. The molecule has 1 atom stereocenters. The maximum absolute atomic E-state index is 12.7. The second kappa shape index (κ2) is 6.08. The molecule has 0 aliphatic carbocycles. The fourth-order valence-electron chi connectivity index (χ4n) is 3.03. The lowest BCUT2D eigenvalue weighted by Crippen LogP contribution is -2.36. The van der Waals surface area contributed by atoms with Gasteiger partial charge in [-0.1, -0.05) is 28.1 Å². The van der Waals surface area contributed by atoms with Gasteiger partial charge < -0.3 is 10.0 Å². The second-order valence-electron chi connectivity index (χ2n) is 5.60. The van der Waals surface area contributed by atoms with Gasteiger partial charge in [-0.15, -0.1) is 0 Å². The van der Waals surface area contributed by atoms with Crippen molar-refractivity contribution in [2.45, 2.75) is 25.3 Å². The van der Waals surface area contributed by atoms with Crippen LogP contribution in [0.5, 0.6) is 0 Å². The first-order valence-electron chi connectivity index (χ1n) is 7.26. The molecular formula is C17H16BrNO3. The van der Waals surface area contributed by atoms with E-state index in [1.54, 1.807) is 4.90 Å². The van der Waals surface area contributed by atoms with E-state index < -0.39 is 5.97 Å². The minimum Gasteiger partial charge on any atom is -0.481 e. The number of nitrogens with zero attached hydrogens (tertiary/aromatic N) is 1. The van der Waals surface area contributed by atoms with Gasteiger partial charge in [0.25, 0.3) is 5.91 Å². The number of halogens is 1. The zero-order valence-electron chi connectivity index (χ0n) is 12.0. The summed E-state index contributed by atoms with van der Waals surface area (Å²) in [5.74, 6) is -0.929. The quantitative estimate of drug-likeness (QED) is 0.906. The van der Waals surface area contributed by atoms with E-state index in [-0.39, 0.29) is 18.4 Å². The topological polar surface area (TPSA) is 57.6 Å². The third kappa shape index (κ3) is 2.99. The number of aliphatic carboxylic acids is 1. The number of hydrogen-bond donors (Lipinski definition) is 1. The summed E-state index contributed by atoms with van der Waals surface area (Å²) in [7, 11) is 0. The smallest absolute Gasteiger partial charge is 0.305 e. The number of likely N-dealkylation sites (tertiary alicyclic amines) is 1. The Labute approximate surface area is 136 Å². The predicted molar refractivity (Wildman–Crippen MR) is 88.0 cm³/mol. The van der Waals surface area contributed by atoms with Gasteiger partial charge in [0.05, 0.1) is 6.42 Å². The molecule has 1 fully saturated rings. The zero-order chi connectivity index (χ0) is 15.7. The molecule has 1 aliphatic heterocycles. The lowest BCUT2D eigenvalue weighted by molar-refractivity contribution is -0.137. The van der Waals surface area contributed by atoms with E-state index in [0.29, 0.717) is 12.1 Å². The van der Waals surface area contributed by atoms with Gasteiger partial charge >= 0.3 is 5.97 Å². The van der Waals surface area contributed by atoms with Gasteiger partial charge in [0, 0.05) is 22.6 Å². The molecule has 1 unspecified atom stereocenters. The number of fused-ring (bicyclic) bond motifs is 1. The van der Waals surface area contributed by atoms with Crippen LogP contribution in [0.1, 0.15) is 29.6 Å². The van der Waals surface area contributed by atoms with Crippen LogP contribution in [0.3, 0.4) is 0 Å². The number of amides is 1. The van der Waals surface area contributed by atoms with Crippen LogP contribution >= 0.6 is 15.9 Å². The molecule has 0 radical (unpaired) electrons. The van der Waals surface area contributed by atoms with Crippen molar-refractivity contribution in [3.05, 3.63) is 46.4 Å². The summed E-state index contributed by atoms with van der Waals surface area (Å²) in [5.41, 5.74) is 0.618. The molecule has 1 heterocycles. The van der Waals surface area contributed by atoms with Crippen molar-refractivity contribution in [3.63, 3.8) is 0 Å². The largest absolute Gasteiger partial charge is 0.481 e. The van der Waals surface area contributed by atoms with Crippen molar-refractivity contribution >= 4 is 38.6 Å². The number of hydrogen-bond acceptors (Lipinski definition) is 2. The van der Waals surface area contributed by atoms with Crippen molar-refractivity contribution in [1.29, 1.82) is 0 Å². The Morgan fingerprint density at radius 2 is 1.91 bits per heavy atom. The van der Waals surface area contributed by atoms with Gasteiger partial charge in [-0.25, -0.2) is 0 Å². The van der Waals surface area contributed by atoms with Crippen LogP contribution in [0.25, 0.3) is 10.8 Å². The van der Waals surface area contributed by atoms with Gasteiger partial charge in [0.2, 0.25) is 0 Å². The van der Waals surface area contributed by atoms with Crippen molar-refractivity contribution in [2.24, 2.45) is 0 Å². The number of carboxylic acids is 1. The molecule has 0 aromatic heterocycles. The number of carbonyl (C=O) groups excluding carboxylic acids is 1. The van der Waals surface area contributed by atoms with Crippen LogP contribution in [0.2, 0.25) is 0 Å². The number of carbonyl (C=O) groups is 2. The summed E-state index contributed by atoms with van der Waals surface area (Å²) in [4.78, 5) is 25.3. The molecule has 1 N–H and O–H groups in total. The van der Waals surface area contributed by atoms with E-state index in [0.717, 1.165) is 28.1 Å². The Bertz CT molecular complexity index is 744. The van der Waals surface area contributed by atoms with Gasteiger partial charge in [-0.05, 0) is 47.9 Å². The average molecular weight is 362 g/mol. The number of rotatable bonds is 3. The standard InChI is InChI=1S/C17H16BrNO3/c18-14-6-5-11-8-13(4-3-12(11)9-14)17(22)19-7-1-2-15(19)10-16(20)21/h3-6,8-9,15H,1-2,7,10H2,(H,20,21). The molecule has 2 aromatic carbocycles. The molecule has 1 saturated heterocycles. The number of benzene rings is 2. The molecule has 4 nitrogen and oxygen atoms in total. The summed E-state index contributed by atoms with van der Waals surface area (Å²) in [6.07, 6.45) is 1.65. The predicted octanol–water partition coefficient (Wildman–Crippen LogP) is 3.68. The normalized spacial score (nSPS) is 17.9. The molecule has 0 spiro atoms. The lowest BCUT2D eigenvalue weighted by atomic mass is 10.1. The van der Waals surface area contributed by atoms with E-state index >= 15 is 0 Å². The Balaban J connectivity index is 1.88. The Morgan fingerprint density at radius 3 is 2.68 bits per heavy atom. The monoisotopic (exact) mass is 361 g/mol. The molecule has 0 saturated carbocycles. The van der Waals surface area contributed by atoms with Crippen molar-refractivity contribution in [2.75, 3.05) is 6.54 Å². The van der Waals surface area contributed by atoms with Crippen LogP contribution in [0.4, 0.5) is 0 Å². The third-order valence-corrected chi connectivity index (χ3v) is 4.59. The Kier molecular flexibility index (Phi) is 4.16. The molecule has 2 aromatic rings. The Hall–Kier alpha value is -1.88. The third-order valence-electron chi connectivity index (χ3n) is 4.10. The maximum atomic E-state index is 12.7. The van der Waals surface area contributed by atoms with Crippen molar-refractivity contribution in [3.8, 4) is 0 Å². The Morgan fingerprint density at radius 1 is 1.18 bits per heavy atom. The van der Waals surface area contributed by atoms with E-state index in [1.807, 2.05) is 36.4 Å². The highest BCUT2D eigenvalue weighted by atomic mass is 79.9. The van der Waals surface area contributed by atoms with Crippen LogP contribution in [0, 0.1) is 0 Å². The zero-order valence-corrected chi connectivity index (χ0v) is 13.5. The first kappa shape index (κ1) is 15.0. The van der Waals surface area contributed by atoms with Crippen molar-refractivity contribution in [1.82, 2.24) is 4.90 Å². The summed E-state index contributed by atoms with van der Waals surface area (Å²) < 4.78 is 1.00. The summed E-state index contributed by atoms with van der Waals surface area (Å²) in [6, 6.07) is 11.3. The molecular weight excluding hydrogens is 346 g/mol. The SMILES string of the molecule is O=C(O)CC1CCCN1C(=O)c1ccc2cc(Br)ccc2c1. The second-order valence-corrected chi connectivity index (χ2v) is 6.51. The highest BCUT2D eigenvalue weighted by Gasteiger charge is 2.30. The van der Waals surface area contributed by atoms with E-state index in [2.05, 4.69) is 15.9 Å². The van der Waals surface area contributed by atoms with Gasteiger partial charge in [-0.2, -0.15) is 0 Å². The summed E-state index contributed by atoms with van der Waals surface area (Å²) in [5, 5.41) is 11.0. The minimum absolute atomic E-state index is 0.0201. The van der Waals surface area contributed by atoms with Crippen molar-refractivity contribution < 1.29 is 14.7 Å². The van der Waals surface area contributed by atoms with Gasteiger partial charge in [0.1, 0.15) is 0 Å². The van der Waals surface area contributed by atoms with Crippen LogP contribution in [0.15, 0.2) is 40.9 Å². The molecule has 0 bridgehead atoms. The average Bonchev–Trinajstić information content (AvgIpc) is 2.93. The van der Waals surface area contributed by atoms with Crippen LogP contribution in [-0.4, -0.2) is 34.5 Å². The van der Waals surface area contributed by atoms with Gasteiger partial charge in [0.15, 0.2) is 0 Å². The minimum atomic E-state index is -0.854. The molecule has 1 amide bonds. The fraction of sp³-hybridized carbons (Fsp3) is 0.294.